The molecule has 0 saturated heterocycles. The Morgan fingerprint density at radius 1 is 1.10 bits per heavy atom. The second-order valence-electron chi connectivity index (χ2n) is 6.04. The van der Waals surface area contributed by atoms with Crippen molar-refractivity contribution in [3.63, 3.8) is 0 Å². The molecule has 1 saturated carbocycles. The Morgan fingerprint density at radius 2 is 1.76 bits per heavy atom. The van der Waals surface area contributed by atoms with Crippen LogP contribution in [0.4, 0.5) is 10.7 Å². The molecule has 1 aliphatic rings. The summed E-state index contributed by atoms with van der Waals surface area (Å²) in [4.78, 5) is 6.96. The number of rotatable bonds is 3. The fraction of sp³-hybridized carbons (Fsp3) is 0.471. The summed E-state index contributed by atoms with van der Waals surface area (Å²) in [7, 11) is 4.10. The molecule has 1 aromatic heterocycles. The third-order valence-electron chi connectivity index (χ3n) is 4.28. The Labute approximate surface area is 130 Å². The molecule has 0 aliphatic heterocycles. The van der Waals surface area contributed by atoms with Crippen LogP contribution in [0.2, 0.25) is 0 Å². The second-order valence-corrected chi connectivity index (χ2v) is 7.10. The predicted octanol–water partition coefficient (Wildman–Crippen LogP) is 4.51. The number of nitrogen functional groups attached to an aromatic ring is 1. The molecule has 3 rings (SSSR count). The van der Waals surface area contributed by atoms with Crippen LogP contribution in [0.25, 0.3) is 11.3 Å². The molecule has 2 N–H and O–H groups in total. The fourth-order valence-electron chi connectivity index (χ4n) is 3.00. The van der Waals surface area contributed by atoms with E-state index in [1.807, 2.05) is 14.1 Å². The van der Waals surface area contributed by atoms with Gasteiger partial charge in [-0.05, 0) is 25.0 Å². The molecule has 1 heterocycles. The Hall–Kier alpha value is -1.55. The lowest BCUT2D eigenvalue weighted by Crippen LogP contribution is -2.08. The summed E-state index contributed by atoms with van der Waals surface area (Å²) < 4.78 is 0. The predicted molar refractivity (Wildman–Crippen MR) is 92.1 cm³/mol. The highest BCUT2D eigenvalue weighted by Gasteiger charge is 2.21. The molecule has 0 atom stereocenters. The minimum Gasteiger partial charge on any atom is -0.389 e. The van der Waals surface area contributed by atoms with Crippen molar-refractivity contribution in [2.75, 3.05) is 24.7 Å². The first-order valence-corrected chi connectivity index (χ1v) is 8.51. The molecule has 3 nitrogen and oxygen atoms in total. The zero-order valence-electron chi connectivity index (χ0n) is 12.8. The van der Waals surface area contributed by atoms with Crippen molar-refractivity contribution < 1.29 is 0 Å². The van der Waals surface area contributed by atoms with Crippen molar-refractivity contribution in [1.29, 1.82) is 0 Å². The Balaban J connectivity index is 1.86. The standard InChI is InChI=1S/C17H23N3S/c1-20(2)14-10-8-12(9-11-14)15-16(18)21-17(19-15)13-6-4-3-5-7-13/h8-11,13H,3-7,18H2,1-2H3. The smallest absolute Gasteiger partial charge is 0.114 e. The lowest BCUT2D eigenvalue weighted by molar-refractivity contribution is 0.442. The number of benzene rings is 1. The SMILES string of the molecule is CN(C)c1ccc(-c2nc(C3CCCCC3)sc2N)cc1. The molecule has 21 heavy (non-hydrogen) atoms. The molecule has 0 bridgehead atoms. The summed E-state index contributed by atoms with van der Waals surface area (Å²) in [5, 5.41) is 2.09. The van der Waals surface area contributed by atoms with Crippen molar-refractivity contribution in [3.8, 4) is 11.3 Å². The van der Waals surface area contributed by atoms with E-state index in [1.54, 1.807) is 11.3 Å². The van der Waals surface area contributed by atoms with Crippen LogP contribution in [0.15, 0.2) is 24.3 Å². The number of thiazole rings is 1. The maximum Gasteiger partial charge on any atom is 0.114 e. The van der Waals surface area contributed by atoms with Crippen molar-refractivity contribution in [3.05, 3.63) is 29.3 Å². The molecule has 4 heteroatoms. The summed E-state index contributed by atoms with van der Waals surface area (Å²) in [5.41, 5.74) is 9.50. The van der Waals surface area contributed by atoms with Crippen LogP contribution in [0, 0.1) is 0 Å². The van der Waals surface area contributed by atoms with Crippen LogP contribution in [-0.2, 0) is 0 Å². The highest BCUT2D eigenvalue weighted by molar-refractivity contribution is 7.16. The van der Waals surface area contributed by atoms with E-state index in [1.165, 1.54) is 42.8 Å². The van der Waals surface area contributed by atoms with Gasteiger partial charge in [-0.2, -0.15) is 0 Å². The average molecular weight is 301 g/mol. The molecule has 0 radical (unpaired) electrons. The van der Waals surface area contributed by atoms with Gasteiger partial charge in [-0.25, -0.2) is 4.98 Å². The first kappa shape index (κ1) is 14.4. The zero-order chi connectivity index (χ0) is 14.8. The molecule has 1 aliphatic carbocycles. The number of hydrogen-bond donors (Lipinski definition) is 1. The summed E-state index contributed by atoms with van der Waals surface area (Å²) in [6, 6.07) is 8.47. The van der Waals surface area contributed by atoms with Crippen LogP contribution in [-0.4, -0.2) is 19.1 Å². The van der Waals surface area contributed by atoms with Gasteiger partial charge in [-0.3, -0.25) is 0 Å². The average Bonchev–Trinajstić information content (AvgIpc) is 2.90. The number of aromatic nitrogens is 1. The van der Waals surface area contributed by atoms with Gasteiger partial charge in [0.2, 0.25) is 0 Å². The fourth-order valence-corrected chi connectivity index (χ4v) is 4.02. The molecular weight excluding hydrogens is 278 g/mol. The van der Waals surface area contributed by atoms with Gasteiger partial charge in [0.1, 0.15) is 10.7 Å². The van der Waals surface area contributed by atoms with E-state index < -0.39 is 0 Å². The first-order chi connectivity index (χ1) is 10.1. The van der Waals surface area contributed by atoms with Crippen molar-refractivity contribution >= 4 is 22.0 Å². The summed E-state index contributed by atoms with van der Waals surface area (Å²) in [6.45, 7) is 0. The van der Waals surface area contributed by atoms with Crippen molar-refractivity contribution in [1.82, 2.24) is 4.98 Å². The topological polar surface area (TPSA) is 42.2 Å². The Morgan fingerprint density at radius 3 is 2.38 bits per heavy atom. The van der Waals surface area contributed by atoms with Gasteiger partial charge < -0.3 is 10.6 Å². The van der Waals surface area contributed by atoms with Crippen LogP contribution < -0.4 is 10.6 Å². The molecule has 1 fully saturated rings. The molecule has 1 aromatic carbocycles. The van der Waals surface area contributed by atoms with Gasteiger partial charge >= 0.3 is 0 Å². The molecule has 0 amide bonds. The maximum absolute atomic E-state index is 6.22. The normalized spacial score (nSPS) is 16.1. The summed E-state index contributed by atoms with van der Waals surface area (Å²) >= 11 is 1.68. The second kappa shape index (κ2) is 6.06. The van der Waals surface area contributed by atoms with Crippen molar-refractivity contribution in [2.45, 2.75) is 38.0 Å². The number of nitrogens with zero attached hydrogens (tertiary/aromatic N) is 2. The van der Waals surface area contributed by atoms with Crippen LogP contribution in [0.3, 0.4) is 0 Å². The van der Waals surface area contributed by atoms with Gasteiger partial charge in [0.15, 0.2) is 0 Å². The monoisotopic (exact) mass is 301 g/mol. The van der Waals surface area contributed by atoms with Gasteiger partial charge in [0.25, 0.3) is 0 Å². The van der Waals surface area contributed by atoms with Crippen LogP contribution in [0.5, 0.6) is 0 Å². The van der Waals surface area contributed by atoms with Gasteiger partial charge in [0, 0.05) is 31.3 Å². The van der Waals surface area contributed by atoms with E-state index in [0.717, 1.165) is 16.3 Å². The van der Waals surface area contributed by atoms with Crippen LogP contribution in [0.1, 0.15) is 43.0 Å². The van der Waals surface area contributed by atoms with Gasteiger partial charge in [-0.1, -0.05) is 31.4 Å². The number of hydrogen-bond acceptors (Lipinski definition) is 4. The van der Waals surface area contributed by atoms with E-state index in [0.29, 0.717) is 5.92 Å². The Kier molecular flexibility index (Phi) is 4.15. The first-order valence-electron chi connectivity index (χ1n) is 7.69. The number of nitrogens with two attached hydrogens (primary N) is 1. The minimum absolute atomic E-state index is 0.626. The molecular formula is C17H23N3S. The number of anilines is 2. The third-order valence-corrected chi connectivity index (χ3v) is 5.33. The van der Waals surface area contributed by atoms with Gasteiger partial charge in [-0.15, -0.1) is 11.3 Å². The Bertz CT molecular complexity index is 595. The van der Waals surface area contributed by atoms with E-state index in [9.17, 15) is 0 Å². The minimum atomic E-state index is 0.626. The maximum atomic E-state index is 6.22. The quantitative estimate of drug-likeness (QED) is 0.907. The van der Waals surface area contributed by atoms with Crippen molar-refractivity contribution in [2.24, 2.45) is 0 Å². The molecule has 0 unspecified atom stereocenters. The van der Waals surface area contributed by atoms with Crippen LogP contribution >= 0.6 is 11.3 Å². The summed E-state index contributed by atoms with van der Waals surface area (Å²) in [5.74, 6) is 0.626. The van der Waals surface area contributed by atoms with Gasteiger partial charge in [0.05, 0.1) is 5.01 Å². The van der Waals surface area contributed by atoms with E-state index in [4.69, 9.17) is 10.7 Å². The highest BCUT2D eigenvalue weighted by Crippen LogP contribution is 2.39. The molecule has 2 aromatic rings. The third kappa shape index (κ3) is 3.05. The highest BCUT2D eigenvalue weighted by atomic mass is 32.1. The van der Waals surface area contributed by atoms with E-state index >= 15 is 0 Å². The lowest BCUT2D eigenvalue weighted by atomic mass is 9.90. The van der Waals surface area contributed by atoms with E-state index in [-0.39, 0.29) is 0 Å². The van der Waals surface area contributed by atoms with E-state index in [2.05, 4.69) is 29.2 Å². The lowest BCUT2D eigenvalue weighted by Gasteiger charge is -2.18. The summed E-state index contributed by atoms with van der Waals surface area (Å²) in [6.07, 6.45) is 6.57. The molecule has 112 valence electrons. The zero-order valence-corrected chi connectivity index (χ0v) is 13.6. The molecule has 0 spiro atoms. The largest absolute Gasteiger partial charge is 0.389 e.